The number of hydrogen-bond donors (Lipinski definition) is 1. The molecule has 0 fully saturated rings. The van der Waals surface area contributed by atoms with E-state index in [1.807, 2.05) is 43.0 Å². The standard InChI is InChI=1S/C13H16ClN3O/c1-9-10(8-16-17(9)2)7-15-11-4-5-12(14)13(6-11)18-3/h4-6,8,15H,7H2,1-3H3. The lowest BCUT2D eigenvalue weighted by atomic mass is 10.2. The second kappa shape index (κ2) is 5.31. The van der Waals surface area contributed by atoms with Crippen molar-refractivity contribution in [3.8, 4) is 5.75 Å². The molecular weight excluding hydrogens is 250 g/mol. The van der Waals surface area contributed by atoms with Gasteiger partial charge in [-0.05, 0) is 19.1 Å². The van der Waals surface area contributed by atoms with E-state index < -0.39 is 0 Å². The summed E-state index contributed by atoms with van der Waals surface area (Å²) in [4.78, 5) is 0. The van der Waals surface area contributed by atoms with Crippen molar-refractivity contribution in [1.82, 2.24) is 9.78 Å². The molecule has 0 aliphatic carbocycles. The number of halogens is 1. The maximum Gasteiger partial charge on any atom is 0.139 e. The smallest absolute Gasteiger partial charge is 0.139 e. The lowest BCUT2D eigenvalue weighted by molar-refractivity contribution is 0.415. The maximum absolute atomic E-state index is 5.98. The maximum atomic E-state index is 5.98. The summed E-state index contributed by atoms with van der Waals surface area (Å²) in [5.41, 5.74) is 3.30. The quantitative estimate of drug-likeness (QED) is 0.924. The van der Waals surface area contributed by atoms with Crippen LogP contribution in [0, 0.1) is 6.92 Å². The van der Waals surface area contributed by atoms with E-state index in [1.165, 1.54) is 5.56 Å². The predicted molar refractivity (Wildman–Crippen MR) is 73.3 cm³/mol. The second-order valence-electron chi connectivity index (χ2n) is 4.08. The SMILES string of the molecule is COc1cc(NCc2cnn(C)c2C)ccc1Cl. The molecule has 0 atom stereocenters. The van der Waals surface area contributed by atoms with E-state index in [9.17, 15) is 0 Å². The number of aromatic nitrogens is 2. The molecule has 2 rings (SSSR count). The van der Waals surface area contributed by atoms with Crippen molar-refractivity contribution in [2.24, 2.45) is 7.05 Å². The van der Waals surface area contributed by atoms with E-state index in [-0.39, 0.29) is 0 Å². The highest BCUT2D eigenvalue weighted by atomic mass is 35.5. The van der Waals surface area contributed by atoms with Crippen molar-refractivity contribution < 1.29 is 4.74 Å². The first-order valence-corrected chi connectivity index (χ1v) is 6.04. The zero-order valence-corrected chi connectivity index (χ0v) is 11.5. The van der Waals surface area contributed by atoms with Crippen LogP contribution in [0.4, 0.5) is 5.69 Å². The van der Waals surface area contributed by atoms with Gasteiger partial charge in [-0.3, -0.25) is 4.68 Å². The van der Waals surface area contributed by atoms with Crippen molar-refractivity contribution in [2.75, 3.05) is 12.4 Å². The van der Waals surface area contributed by atoms with Gasteiger partial charge in [0.1, 0.15) is 5.75 Å². The summed E-state index contributed by atoms with van der Waals surface area (Å²) in [7, 11) is 3.54. The molecule has 0 spiro atoms. The van der Waals surface area contributed by atoms with Crippen LogP contribution in [-0.2, 0) is 13.6 Å². The van der Waals surface area contributed by atoms with Crippen molar-refractivity contribution in [3.05, 3.63) is 40.7 Å². The molecule has 1 aromatic carbocycles. The van der Waals surface area contributed by atoms with Crippen LogP contribution in [0.1, 0.15) is 11.3 Å². The normalized spacial score (nSPS) is 10.4. The van der Waals surface area contributed by atoms with Gasteiger partial charge in [0.15, 0.2) is 0 Å². The van der Waals surface area contributed by atoms with E-state index >= 15 is 0 Å². The summed E-state index contributed by atoms with van der Waals surface area (Å²) in [6, 6.07) is 5.63. The Morgan fingerprint density at radius 2 is 2.22 bits per heavy atom. The van der Waals surface area contributed by atoms with Crippen LogP contribution in [0.5, 0.6) is 5.75 Å². The van der Waals surface area contributed by atoms with Crippen LogP contribution in [-0.4, -0.2) is 16.9 Å². The fourth-order valence-corrected chi connectivity index (χ4v) is 1.88. The van der Waals surface area contributed by atoms with E-state index in [0.29, 0.717) is 10.8 Å². The Morgan fingerprint density at radius 3 is 2.83 bits per heavy atom. The number of benzene rings is 1. The number of ether oxygens (including phenoxy) is 1. The van der Waals surface area contributed by atoms with Crippen molar-refractivity contribution in [2.45, 2.75) is 13.5 Å². The third kappa shape index (κ3) is 2.59. The molecule has 1 N–H and O–H groups in total. The number of rotatable bonds is 4. The number of nitrogens with zero attached hydrogens (tertiary/aromatic N) is 2. The molecule has 2 aromatic rings. The highest BCUT2D eigenvalue weighted by Gasteiger charge is 2.05. The van der Waals surface area contributed by atoms with Crippen LogP contribution >= 0.6 is 11.6 Å². The number of nitrogens with one attached hydrogen (secondary N) is 1. The predicted octanol–water partition coefficient (Wildman–Crippen LogP) is 3.00. The average Bonchev–Trinajstić information content (AvgIpc) is 2.69. The largest absolute Gasteiger partial charge is 0.495 e. The molecule has 0 bridgehead atoms. The molecule has 0 amide bonds. The van der Waals surface area contributed by atoms with Gasteiger partial charge in [0.05, 0.1) is 18.3 Å². The summed E-state index contributed by atoms with van der Waals surface area (Å²) < 4.78 is 7.04. The second-order valence-corrected chi connectivity index (χ2v) is 4.49. The Bertz CT molecular complexity index is 551. The zero-order chi connectivity index (χ0) is 13.1. The Kier molecular flexibility index (Phi) is 3.77. The number of anilines is 1. The topological polar surface area (TPSA) is 39.1 Å². The molecule has 0 saturated carbocycles. The van der Waals surface area contributed by atoms with Gasteiger partial charge in [0, 0.05) is 36.6 Å². The number of hydrogen-bond acceptors (Lipinski definition) is 3. The zero-order valence-electron chi connectivity index (χ0n) is 10.7. The van der Waals surface area contributed by atoms with Crippen LogP contribution in [0.3, 0.4) is 0 Å². The minimum Gasteiger partial charge on any atom is -0.495 e. The summed E-state index contributed by atoms with van der Waals surface area (Å²) in [6.45, 7) is 2.77. The fourth-order valence-electron chi connectivity index (χ4n) is 1.68. The van der Waals surface area contributed by atoms with Crippen molar-refractivity contribution in [3.63, 3.8) is 0 Å². The van der Waals surface area contributed by atoms with Gasteiger partial charge in [0.2, 0.25) is 0 Å². The molecular formula is C13H16ClN3O. The van der Waals surface area contributed by atoms with Gasteiger partial charge >= 0.3 is 0 Å². The molecule has 0 aliphatic heterocycles. The molecule has 0 aliphatic rings. The molecule has 0 unspecified atom stereocenters. The third-order valence-electron chi connectivity index (χ3n) is 2.97. The highest BCUT2D eigenvalue weighted by molar-refractivity contribution is 6.32. The first kappa shape index (κ1) is 12.8. The molecule has 1 heterocycles. The summed E-state index contributed by atoms with van der Waals surface area (Å²) in [5, 5.41) is 8.14. The third-order valence-corrected chi connectivity index (χ3v) is 3.28. The minimum atomic E-state index is 0.612. The lowest BCUT2D eigenvalue weighted by Gasteiger charge is -2.09. The average molecular weight is 266 g/mol. The number of methoxy groups -OCH3 is 1. The van der Waals surface area contributed by atoms with Crippen LogP contribution in [0.25, 0.3) is 0 Å². The van der Waals surface area contributed by atoms with Gasteiger partial charge in [0.25, 0.3) is 0 Å². The van der Waals surface area contributed by atoms with E-state index in [2.05, 4.69) is 10.4 Å². The van der Waals surface area contributed by atoms with Crippen molar-refractivity contribution in [1.29, 1.82) is 0 Å². The lowest BCUT2D eigenvalue weighted by Crippen LogP contribution is -2.01. The van der Waals surface area contributed by atoms with Gasteiger partial charge in [-0.25, -0.2) is 0 Å². The molecule has 18 heavy (non-hydrogen) atoms. The molecule has 4 nitrogen and oxygen atoms in total. The Balaban J connectivity index is 2.08. The first-order chi connectivity index (χ1) is 8.61. The Hall–Kier alpha value is -1.68. The highest BCUT2D eigenvalue weighted by Crippen LogP contribution is 2.27. The van der Waals surface area contributed by atoms with E-state index in [1.54, 1.807) is 7.11 Å². The molecule has 1 aromatic heterocycles. The van der Waals surface area contributed by atoms with Crippen LogP contribution < -0.4 is 10.1 Å². The fraction of sp³-hybridized carbons (Fsp3) is 0.308. The van der Waals surface area contributed by atoms with Crippen LogP contribution in [0.2, 0.25) is 5.02 Å². The molecule has 5 heteroatoms. The van der Waals surface area contributed by atoms with Gasteiger partial charge < -0.3 is 10.1 Å². The summed E-state index contributed by atoms with van der Waals surface area (Å²) >= 11 is 5.98. The van der Waals surface area contributed by atoms with E-state index in [0.717, 1.165) is 17.9 Å². The summed E-state index contributed by atoms with van der Waals surface area (Å²) in [6.07, 6.45) is 1.87. The molecule has 0 radical (unpaired) electrons. The van der Waals surface area contributed by atoms with Crippen LogP contribution in [0.15, 0.2) is 24.4 Å². The number of aryl methyl sites for hydroxylation is 1. The first-order valence-electron chi connectivity index (χ1n) is 5.66. The molecule has 0 saturated heterocycles. The van der Waals surface area contributed by atoms with E-state index in [4.69, 9.17) is 16.3 Å². The molecule has 96 valence electrons. The van der Waals surface area contributed by atoms with Crippen molar-refractivity contribution >= 4 is 17.3 Å². The van der Waals surface area contributed by atoms with Gasteiger partial charge in [-0.1, -0.05) is 11.6 Å². The monoisotopic (exact) mass is 265 g/mol. The Morgan fingerprint density at radius 1 is 1.44 bits per heavy atom. The summed E-state index contributed by atoms with van der Waals surface area (Å²) in [5.74, 6) is 0.671. The Labute approximate surface area is 112 Å². The minimum absolute atomic E-state index is 0.612. The van der Waals surface area contributed by atoms with Gasteiger partial charge in [-0.15, -0.1) is 0 Å². The van der Waals surface area contributed by atoms with Gasteiger partial charge in [-0.2, -0.15) is 5.10 Å².